The fourth-order valence-electron chi connectivity index (χ4n) is 1.67. The lowest BCUT2D eigenvalue weighted by atomic mass is 10.1. The zero-order chi connectivity index (χ0) is 14.6. The van der Waals surface area contributed by atoms with Crippen LogP contribution in [0.4, 0.5) is 13.2 Å². The molecule has 8 heteroatoms. The highest BCUT2D eigenvalue weighted by atomic mass is 19.4. The van der Waals surface area contributed by atoms with Crippen LogP contribution in [0.2, 0.25) is 0 Å². The summed E-state index contributed by atoms with van der Waals surface area (Å²) in [7, 11) is 0. The fourth-order valence-corrected chi connectivity index (χ4v) is 1.67. The molecule has 2 aromatic rings. The number of benzene rings is 1. The fraction of sp³-hybridized carbons (Fsp3) is 0.167. The van der Waals surface area contributed by atoms with E-state index in [9.17, 15) is 13.2 Å². The molecule has 0 aliphatic rings. The first-order chi connectivity index (χ1) is 9.49. The van der Waals surface area contributed by atoms with Gasteiger partial charge in [-0.05, 0) is 23.8 Å². The molecule has 3 N–H and O–H groups in total. The molecule has 20 heavy (non-hydrogen) atoms. The first kappa shape index (κ1) is 14.2. The number of aromatic nitrogens is 2. The van der Waals surface area contributed by atoms with Crippen LogP contribution in [0.1, 0.15) is 17.4 Å². The molecule has 1 unspecified atom stereocenters. The van der Waals surface area contributed by atoms with E-state index in [0.29, 0.717) is 11.4 Å². The summed E-state index contributed by atoms with van der Waals surface area (Å²) in [5.41, 5.74) is 2.92. The Hall–Kier alpha value is -2.19. The van der Waals surface area contributed by atoms with Gasteiger partial charge in [-0.25, -0.2) is 15.4 Å². The number of nitrogens with two attached hydrogens (primary N) is 1. The van der Waals surface area contributed by atoms with E-state index in [4.69, 9.17) is 5.84 Å². The molecule has 1 aromatic heterocycles. The zero-order valence-corrected chi connectivity index (χ0v) is 10.1. The van der Waals surface area contributed by atoms with E-state index in [-0.39, 0.29) is 5.75 Å². The maximum absolute atomic E-state index is 12.2. The van der Waals surface area contributed by atoms with Crippen LogP contribution in [0, 0.1) is 0 Å². The van der Waals surface area contributed by atoms with Gasteiger partial charge in [0.15, 0.2) is 5.82 Å². The summed E-state index contributed by atoms with van der Waals surface area (Å²) in [6.07, 6.45) is -1.71. The number of hydrogen-bond donors (Lipinski definition) is 2. The summed E-state index contributed by atoms with van der Waals surface area (Å²) in [4.78, 5) is 8.03. The monoisotopic (exact) mass is 284 g/mol. The Balaban J connectivity index is 2.29. The first-order valence-corrected chi connectivity index (χ1v) is 5.58. The molecule has 0 bridgehead atoms. The van der Waals surface area contributed by atoms with Crippen molar-refractivity contribution in [1.29, 1.82) is 0 Å². The summed E-state index contributed by atoms with van der Waals surface area (Å²) in [5.74, 6) is 5.44. The minimum absolute atomic E-state index is 0.328. The van der Waals surface area contributed by atoms with Gasteiger partial charge < -0.3 is 4.74 Å². The normalized spacial score (nSPS) is 13.0. The number of hydrogen-bond acceptors (Lipinski definition) is 5. The molecule has 0 radical (unpaired) electrons. The maximum Gasteiger partial charge on any atom is 0.573 e. The predicted molar refractivity (Wildman–Crippen MR) is 64.3 cm³/mol. The minimum atomic E-state index is -4.74. The van der Waals surface area contributed by atoms with Gasteiger partial charge in [0, 0.05) is 12.4 Å². The number of nitrogens with one attached hydrogen (secondary N) is 1. The van der Waals surface area contributed by atoms with Crippen LogP contribution in [-0.4, -0.2) is 16.3 Å². The molecule has 5 nitrogen and oxygen atoms in total. The van der Waals surface area contributed by atoms with Crippen molar-refractivity contribution in [3.8, 4) is 5.75 Å². The van der Waals surface area contributed by atoms with E-state index in [1.54, 1.807) is 12.1 Å². The predicted octanol–water partition coefficient (Wildman–Crippen LogP) is 1.93. The van der Waals surface area contributed by atoms with Gasteiger partial charge in [0.05, 0.1) is 0 Å². The minimum Gasteiger partial charge on any atom is -0.406 e. The summed E-state index contributed by atoms with van der Waals surface area (Å²) in [5, 5.41) is 0. The average molecular weight is 284 g/mol. The topological polar surface area (TPSA) is 73.1 Å². The smallest absolute Gasteiger partial charge is 0.406 e. The maximum atomic E-state index is 12.2. The second-order valence-corrected chi connectivity index (χ2v) is 3.83. The van der Waals surface area contributed by atoms with Gasteiger partial charge >= 0.3 is 6.36 Å². The van der Waals surface area contributed by atoms with Crippen LogP contribution in [0.25, 0.3) is 0 Å². The van der Waals surface area contributed by atoms with Crippen LogP contribution in [0.3, 0.4) is 0 Å². The number of rotatable bonds is 4. The van der Waals surface area contributed by atoms with Crippen molar-refractivity contribution < 1.29 is 17.9 Å². The molecule has 2 rings (SSSR count). The SMILES string of the molecule is NNC(c1cccc(OC(F)(F)F)c1)c1ncccn1. The summed E-state index contributed by atoms with van der Waals surface area (Å²) in [6, 6.07) is 6.46. The van der Waals surface area contributed by atoms with Crippen molar-refractivity contribution in [2.24, 2.45) is 5.84 Å². The van der Waals surface area contributed by atoms with Gasteiger partial charge in [-0.2, -0.15) is 0 Å². The lowest BCUT2D eigenvalue weighted by Gasteiger charge is -2.16. The third-order valence-corrected chi connectivity index (χ3v) is 2.44. The van der Waals surface area contributed by atoms with Crippen LogP contribution in [0.15, 0.2) is 42.7 Å². The Morgan fingerprint density at radius 3 is 2.45 bits per heavy atom. The zero-order valence-electron chi connectivity index (χ0n) is 10.1. The molecular weight excluding hydrogens is 273 g/mol. The highest BCUT2D eigenvalue weighted by Crippen LogP contribution is 2.26. The molecular formula is C12H11F3N4O. The van der Waals surface area contributed by atoms with E-state index >= 15 is 0 Å². The van der Waals surface area contributed by atoms with Gasteiger partial charge in [0.1, 0.15) is 11.8 Å². The lowest BCUT2D eigenvalue weighted by Crippen LogP contribution is -2.30. The molecule has 1 atom stereocenters. The molecule has 0 saturated heterocycles. The van der Waals surface area contributed by atoms with Crippen molar-refractivity contribution in [2.75, 3.05) is 0 Å². The molecule has 0 fully saturated rings. The Bertz CT molecular complexity index is 562. The van der Waals surface area contributed by atoms with E-state index in [1.807, 2.05) is 0 Å². The summed E-state index contributed by atoms with van der Waals surface area (Å²) in [6.45, 7) is 0. The quantitative estimate of drug-likeness (QED) is 0.663. The standard InChI is InChI=1S/C12H11F3N4O/c13-12(14,15)20-9-4-1-3-8(7-9)10(19-16)11-17-5-2-6-18-11/h1-7,10,19H,16H2. The number of halogens is 3. The molecule has 0 amide bonds. The Labute approximate surface area is 112 Å². The first-order valence-electron chi connectivity index (χ1n) is 5.58. The highest BCUT2D eigenvalue weighted by molar-refractivity contribution is 5.33. The van der Waals surface area contributed by atoms with E-state index in [0.717, 1.165) is 0 Å². The molecule has 1 heterocycles. The van der Waals surface area contributed by atoms with Gasteiger partial charge in [0.25, 0.3) is 0 Å². The van der Waals surface area contributed by atoms with Crippen LogP contribution < -0.4 is 16.0 Å². The van der Waals surface area contributed by atoms with Crippen molar-refractivity contribution >= 4 is 0 Å². The Morgan fingerprint density at radius 2 is 1.85 bits per heavy atom. The van der Waals surface area contributed by atoms with Gasteiger partial charge in [0.2, 0.25) is 0 Å². The Kier molecular flexibility index (Phi) is 4.16. The Morgan fingerprint density at radius 1 is 1.15 bits per heavy atom. The molecule has 0 spiro atoms. The summed E-state index contributed by atoms with van der Waals surface area (Å²) < 4.78 is 40.4. The average Bonchev–Trinajstić information content (AvgIpc) is 2.39. The van der Waals surface area contributed by atoms with Gasteiger partial charge in [-0.1, -0.05) is 12.1 Å². The number of alkyl halides is 3. The number of ether oxygens (including phenoxy) is 1. The van der Waals surface area contributed by atoms with E-state index in [2.05, 4.69) is 20.1 Å². The third kappa shape index (κ3) is 3.65. The molecule has 0 aliphatic carbocycles. The van der Waals surface area contributed by atoms with Crippen molar-refractivity contribution in [1.82, 2.24) is 15.4 Å². The molecule has 106 valence electrons. The van der Waals surface area contributed by atoms with E-state index < -0.39 is 12.4 Å². The van der Waals surface area contributed by atoms with Gasteiger partial charge in [-0.3, -0.25) is 5.84 Å². The molecule has 0 aliphatic heterocycles. The van der Waals surface area contributed by atoms with E-state index in [1.165, 1.54) is 30.6 Å². The molecule has 1 aromatic carbocycles. The second kappa shape index (κ2) is 5.85. The highest BCUT2D eigenvalue weighted by Gasteiger charge is 2.31. The molecule has 0 saturated carbocycles. The van der Waals surface area contributed by atoms with Crippen LogP contribution >= 0.6 is 0 Å². The lowest BCUT2D eigenvalue weighted by molar-refractivity contribution is -0.274. The third-order valence-electron chi connectivity index (χ3n) is 2.44. The van der Waals surface area contributed by atoms with Crippen molar-refractivity contribution in [3.63, 3.8) is 0 Å². The number of nitrogens with zero attached hydrogens (tertiary/aromatic N) is 2. The van der Waals surface area contributed by atoms with Crippen molar-refractivity contribution in [2.45, 2.75) is 12.4 Å². The van der Waals surface area contributed by atoms with Crippen molar-refractivity contribution in [3.05, 3.63) is 54.1 Å². The largest absolute Gasteiger partial charge is 0.573 e. The number of hydrazine groups is 1. The second-order valence-electron chi connectivity index (χ2n) is 3.83. The summed E-state index contributed by atoms with van der Waals surface area (Å²) >= 11 is 0. The van der Waals surface area contributed by atoms with Crippen LogP contribution in [0.5, 0.6) is 5.75 Å². The van der Waals surface area contributed by atoms with Gasteiger partial charge in [-0.15, -0.1) is 13.2 Å². The van der Waals surface area contributed by atoms with Crippen LogP contribution in [-0.2, 0) is 0 Å².